The van der Waals surface area contributed by atoms with Gasteiger partial charge in [-0.3, -0.25) is 4.79 Å². The van der Waals surface area contributed by atoms with E-state index in [-0.39, 0.29) is 11.5 Å². The van der Waals surface area contributed by atoms with Crippen molar-refractivity contribution in [2.45, 2.75) is 32.2 Å². The van der Waals surface area contributed by atoms with Crippen LogP contribution in [0.3, 0.4) is 0 Å². The van der Waals surface area contributed by atoms with Gasteiger partial charge in [-0.25, -0.2) is 0 Å². The van der Waals surface area contributed by atoms with E-state index in [1.54, 1.807) is 29.5 Å². The van der Waals surface area contributed by atoms with Crippen molar-refractivity contribution >= 4 is 23.2 Å². The minimum absolute atomic E-state index is 0.101. The highest BCUT2D eigenvalue weighted by Crippen LogP contribution is 2.39. The van der Waals surface area contributed by atoms with Crippen LogP contribution in [-0.2, 0) is 6.54 Å². The number of aromatic hydroxyl groups is 1. The maximum absolute atomic E-state index is 12.7. The summed E-state index contributed by atoms with van der Waals surface area (Å²) in [6.45, 7) is 2.92. The zero-order valence-corrected chi connectivity index (χ0v) is 14.9. The summed E-state index contributed by atoms with van der Waals surface area (Å²) in [6, 6.07) is 7.20. The van der Waals surface area contributed by atoms with E-state index in [4.69, 9.17) is 4.74 Å². The number of carbonyl (C=O) groups is 1. The molecule has 0 spiro atoms. The van der Waals surface area contributed by atoms with Crippen LogP contribution in [0.5, 0.6) is 11.5 Å². The lowest BCUT2D eigenvalue weighted by molar-refractivity contribution is -0.913. The lowest BCUT2D eigenvalue weighted by Crippen LogP contribution is -3.10. The van der Waals surface area contributed by atoms with Gasteiger partial charge in [-0.1, -0.05) is 6.07 Å². The average Bonchev–Trinajstić information content (AvgIpc) is 3.13. The second-order valence-electron chi connectivity index (χ2n) is 6.74. The van der Waals surface area contributed by atoms with Crippen molar-refractivity contribution in [1.29, 1.82) is 0 Å². The Labute approximate surface area is 151 Å². The molecule has 0 unspecified atom stereocenters. The summed E-state index contributed by atoms with van der Waals surface area (Å²) >= 11 is 1.57. The molecule has 1 aromatic carbocycles. The van der Waals surface area contributed by atoms with Crippen LogP contribution in [0.25, 0.3) is 6.08 Å². The summed E-state index contributed by atoms with van der Waals surface area (Å²) < 4.78 is 5.92. The molecule has 0 aliphatic carbocycles. The van der Waals surface area contributed by atoms with E-state index in [0.29, 0.717) is 23.6 Å². The number of ketones is 1. The second-order valence-corrected chi connectivity index (χ2v) is 7.72. The quantitative estimate of drug-likeness (QED) is 0.831. The van der Waals surface area contributed by atoms with Gasteiger partial charge in [0.15, 0.2) is 11.5 Å². The number of likely N-dealkylation sites (tertiary alicyclic amines) is 1. The van der Waals surface area contributed by atoms with E-state index in [9.17, 15) is 9.90 Å². The third-order valence-electron chi connectivity index (χ3n) is 4.97. The number of phenolic OH excluding ortho intramolecular Hbond substituents is 1. The van der Waals surface area contributed by atoms with Crippen LogP contribution < -0.4 is 9.64 Å². The lowest BCUT2D eigenvalue weighted by Gasteiger charge is -2.18. The molecule has 2 aliphatic rings. The molecule has 1 fully saturated rings. The highest BCUT2D eigenvalue weighted by molar-refractivity contribution is 7.10. The van der Waals surface area contributed by atoms with Crippen molar-refractivity contribution < 1.29 is 19.5 Å². The molecule has 4 rings (SSSR count). The summed E-state index contributed by atoms with van der Waals surface area (Å²) in [4.78, 5) is 15.1. The zero-order valence-electron chi connectivity index (χ0n) is 14.1. The number of ether oxygens (including phenoxy) is 1. The number of rotatable bonds is 3. The summed E-state index contributed by atoms with van der Waals surface area (Å²) in [5, 5.41) is 12.4. The number of phenols is 1. The normalized spacial score (nSPS) is 19.7. The van der Waals surface area contributed by atoms with Gasteiger partial charge in [0, 0.05) is 11.0 Å². The van der Waals surface area contributed by atoms with Crippen molar-refractivity contribution in [1.82, 2.24) is 0 Å². The average molecular weight is 356 g/mol. The van der Waals surface area contributed by atoms with Crippen molar-refractivity contribution in [2.75, 3.05) is 13.1 Å². The van der Waals surface area contributed by atoms with Gasteiger partial charge >= 0.3 is 0 Å². The van der Waals surface area contributed by atoms with Crippen LogP contribution in [0.1, 0.15) is 46.5 Å². The van der Waals surface area contributed by atoms with Crippen LogP contribution in [0.4, 0.5) is 0 Å². The van der Waals surface area contributed by atoms with Crippen molar-refractivity contribution in [2.24, 2.45) is 0 Å². The molecule has 1 aromatic heterocycles. The molecule has 2 N–H and O–H groups in total. The van der Waals surface area contributed by atoms with E-state index >= 15 is 0 Å². The molecule has 5 heteroatoms. The third-order valence-corrected chi connectivity index (χ3v) is 5.79. The van der Waals surface area contributed by atoms with Crippen molar-refractivity contribution in [3.05, 3.63) is 51.4 Å². The third kappa shape index (κ3) is 3.34. The summed E-state index contributed by atoms with van der Waals surface area (Å²) in [5.41, 5.74) is 1.32. The number of Topliss-reactive ketones (excluding diaryl/α,β-unsaturated/α-hetero) is 1. The highest BCUT2D eigenvalue weighted by atomic mass is 32.1. The van der Waals surface area contributed by atoms with Gasteiger partial charge in [0.2, 0.25) is 5.78 Å². The van der Waals surface area contributed by atoms with Gasteiger partial charge in [-0.2, -0.15) is 0 Å². The van der Waals surface area contributed by atoms with E-state index in [2.05, 4.69) is 0 Å². The van der Waals surface area contributed by atoms with Crippen LogP contribution in [0.2, 0.25) is 0 Å². The van der Waals surface area contributed by atoms with Gasteiger partial charge in [-0.15, -0.1) is 11.3 Å². The first-order valence-electron chi connectivity index (χ1n) is 8.88. The smallest absolute Gasteiger partial charge is 0.232 e. The fraction of sp³-hybridized carbons (Fsp3) is 0.350. The number of quaternary nitrogens is 1. The predicted molar refractivity (Wildman–Crippen MR) is 98.2 cm³/mol. The molecule has 1 saturated heterocycles. The van der Waals surface area contributed by atoms with Gasteiger partial charge in [0.25, 0.3) is 0 Å². The summed E-state index contributed by atoms with van der Waals surface area (Å²) in [6.07, 6.45) is 6.78. The SMILES string of the molecule is O=C1/C(=C/c2cccs2)Oc2c1ccc(O)c2C[NH+]1CCCCCC1. The van der Waals surface area contributed by atoms with E-state index in [1.165, 1.54) is 30.6 Å². The van der Waals surface area contributed by atoms with E-state index in [1.807, 2.05) is 17.5 Å². The fourth-order valence-corrected chi connectivity index (χ4v) is 4.27. The molecule has 0 radical (unpaired) electrons. The maximum Gasteiger partial charge on any atom is 0.232 e. The largest absolute Gasteiger partial charge is 0.507 e. The Bertz CT molecular complexity index is 803. The topological polar surface area (TPSA) is 51.0 Å². The Hall–Kier alpha value is -2.11. The first kappa shape index (κ1) is 16.4. The molecule has 3 heterocycles. The summed E-state index contributed by atoms with van der Waals surface area (Å²) in [7, 11) is 0. The van der Waals surface area contributed by atoms with Crippen LogP contribution in [0.15, 0.2) is 35.4 Å². The molecule has 0 saturated carbocycles. The van der Waals surface area contributed by atoms with Gasteiger partial charge in [-0.05, 0) is 49.3 Å². The Balaban J connectivity index is 1.64. The minimum Gasteiger partial charge on any atom is -0.507 e. The van der Waals surface area contributed by atoms with Gasteiger partial charge in [0.05, 0.1) is 24.2 Å². The molecule has 2 aromatic rings. The fourth-order valence-electron chi connectivity index (χ4n) is 3.63. The molecule has 2 aliphatic heterocycles. The Kier molecular flexibility index (Phi) is 4.59. The highest BCUT2D eigenvalue weighted by Gasteiger charge is 2.32. The van der Waals surface area contributed by atoms with E-state index < -0.39 is 0 Å². The standard InChI is InChI=1S/C20H21NO3S/c22-17-8-7-15-19(23)18(12-14-6-5-11-25-14)24-20(15)16(17)13-21-9-3-1-2-4-10-21/h5-8,11-12,22H,1-4,9-10,13H2/p+1/b18-12-. The number of hydrogen-bond acceptors (Lipinski definition) is 4. The van der Waals surface area contributed by atoms with Crippen LogP contribution in [-0.4, -0.2) is 24.0 Å². The molecule has 4 nitrogen and oxygen atoms in total. The van der Waals surface area contributed by atoms with Crippen molar-refractivity contribution in [3.8, 4) is 11.5 Å². The second kappa shape index (κ2) is 7.02. The maximum atomic E-state index is 12.7. The molecule has 0 bridgehead atoms. The molecule has 0 amide bonds. The van der Waals surface area contributed by atoms with Crippen molar-refractivity contribution in [3.63, 3.8) is 0 Å². The monoisotopic (exact) mass is 356 g/mol. The van der Waals surface area contributed by atoms with Crippen LogP contribution >= 0.6 is 11.3 Å². The Morgan fingerprint density at radius 1 is 1.16 bits per heavy atom. The van der Waals surface area contributed by atoms with Gasteiger partial charge < -0.3 is 14.7 Å². The van der Waals surface area contributed by atoms with E-state index in [0.717, 1.165) is 23.5 Å². The minimum atomic E-state index is -0.101. The van der Waals surface area contributed by atoms with Gasteiger partial charge in [0.1, 0.15) is 12.3 Å². The molecular formula is C20H22NO3S+. The number of benzene rings is 1. The number of nitrogens with one attached hydrogen (secondary N) is 1. The molecule has 0 atom stereocenters. The first-order valence-corrected chi connectivity index (χ1v) is 9.76. The Morgan fingerprint density at radius 2 is 1.96 bits per heavy atom. The number of fused-ring (bicyclic) bond motifs is 1. The van der Waals surface area contributed by atoms with Crippen LogP contribution in [0, 0.1) is 0 Å². The number of allylic oxidation sites excluding steroid dienone is 1. The first-order chi connectivity index (χ1) is 12.2. The number of hydrogen-bond donors (Lipinski definition) is 2. The number of thiophene rings is 1. The molecule has 25 heavy (non-hydrogen) atoms. The number of carbonyl (C=O) groups excluding carboxylic acids is 1. The Morgan fingerprint density at radius 3 is 2.68 bits per heavy atom. The lowest BCUT2D eigenvalue weighted by atomic mass is 10.0. The summed E-state index contributed by atoms with van der Waals surface area (Å²) in [5.74, 6) is 1.01. The zero-order chi connectivity index (χ0) is 17.2. The predicted octanol–water partition coefficient (Wildman–Crippen LogP) is 3.03. The molecular weight excluding hydrogens is 334 g/mol. The molecule has 130 valence electrons.